The average Bonchev–Trinajstić information content (AvgIpc) is 2.82. The number of aromatic nitrogens is 2. The number of rotatable bonds is 6. The molecule has 4 atom stereocenters. The summed E-state index contributed by atoms with van der Waals surface area (Å²) in [4.78, 5) is 20.7. The summed E-state index contributed by atoms with van der Waals surface area (Å²) >= 11 is 0. The van der Waals surface area contributed by atoms with E-state index < -0.39 is 36.5 Å². The Kier molecular flexibility index (Phi) is 5.40. The molecule has 0 amide bonds. The van der Waals surface area contributed by atoms with E-state index in [0.29, 0.717) is 18.9 Å². The number of nitrogens with zero attached hydrogens (tertiary/aromatic N) is 5. The number of ether oxygens (including phenoxy) is 1. The maximum Gasteiger partial charge on any atom is 0.351 e. The molecule has 10 nitrogen and oxygen atoms in total. The summed E-state index contributed by atoms with van der Waals surface area (Å²) in [6.07, 6.45) is -4.17. The number of hydrogen-bond acceptors (Lipinski definition) is 8. The number of alkyl halides is 1. The molecule has 0 radical (unpaired) electrons. The molecule has 2 heterocycles. The zero-order valence-electron chi connectivity index (χ0n) is 13.3. The summed E-state index contributed by atoms with van der Waals surface area (Å²) in [5.41, 5.74) is 3.84. The molecule has 0 unspecified atom stereocenters. The van der Waals surface area contributed by atoms with E-state index in [2.05, 4.69) is 15.0 Å². The Balaban J connectivity index is 2.39. The largest absolute Gasteiger partial charge is 0.391 e. The van der Waals surface area contributed by atoms with Crippen molar-refractivity contribution in [3.05, 3.63) is 22.7 Å². The lowest BCUT2D eigenvalue weighted by Gasteiger charge is -2.21. The Labute approximate surface area is 136 Å². The Morgan fingerprint density at radius 2 is 2.25 bits per heavy atom. The minimum Gasteiger partial charge on any atom is -0.391 e. The number of halogens is 1. The highest BCUT2D eigenvalue weighted by atomic mass is 19.1. The van der Waals surface area contributed by atoms with Crippen molar-refractivity contribution in [3.63, 3.8) is 0 Å². The van der Waals surface area contributed by atoms with Gasteiger partial charge in [0.25, 0.3) is 5.72 Å². The molecule has 1 aromatic heterocycles. The van der Waals surface area contributed by atoms with Gasteiger partial charge in [0.05, 0.1) is 0 Å². The van der Waals surface area contributed by atoms with Gasteiger partial charge in [-0.15, -0.1) is 0 Å². The summed E-state index contributed by atoms with van der Waals surface area (Å²) < 4.78 is 20.5. The van der Waals surface area contributed by atoms with E-state index in [0.717, 1.165) is 4.57 Å². The molecule has 0 bridgehead atoms. The van der Waals surface area contributed by atoms with Crippen LogP contribution in [0.25, 0.3) is 0 Å². The van der Waals surface area contributed by atoms with E-state index in [1.165, 1.54) is 12.3 Å². The number of aliphatic hydroxyl groups excluding tert-OH is 2. The zero-order chi connectivity index (χ0) is 17.9. The van der Waals surface area contributed by atoms with Crippen LogP contribution < -0.4 is 15.5 Å². The van der Waals surface area contributed by atoms with E-state index in [9.17, 15) is 19.4 Å². The van der Waals surface area contributed by atoms with Crippen molar-refractivity contribution in [2.45, 2.75) is 38.1 Å². The normalized spacial score (nSPS) is 29.3. The highest BCUT2D eigenvalue weighted by Gasteiger charge is 2.60. The van der Waals surface area contributed by atoms with E-state index in [1.807, 2.05) is 18.7 Å². The third-order valence-corrected chi connectivity index (χ3v) is 3.98. The molecule has 0 aromatic carbocycles. The maximum absolute atomic E-state index is 14.4. The fraction of sp³-hybridized carbons (Fsp3) is 0.692. The number of nitrogens with one attached hydrogen (secondary N) is 1. The van der Waals surface area contributed by atoms with Crippen molar-refractivity contribution in [3.8, 4) is 0 Å². The topological polar surface area (TPSA) is 138 Å². The molecule has 1 aliphatic heterocycles. The number of anilines is 1. The first-order chi connectivity index (χ1) is 11.4. The molecule has 1 saturated heterocycles. The number of aliphatic hydroxyl groups is 2. The van der Waals surface area contributed by atoms with Gasteiger partial charge in [-0.25, -0.2) is 9.18 Å². The van der Waals surface area contributed by atoms with Gasteiger partial charge in [-0.2, -0.15) is 4.98 Å². The summed E-state index contributed by atoms with van der Waals surface area (Å²) in [5.74, 6) is 0.439. The van der Waals surface area contributed by atoms with Gasteiger partial charge in [-0.3, -0.25) is 4.57 Å². The monoisotopic (exact) mass is 343 g/mol. The lowest BCUT2D eigenvalue weighted by Crippen LogP contribution is -2.43. The lowest BCUT2D eigenvalue weighted by molar-refractivity contribution is -0.128. The van der Waals surface area contributed by atoms with Crippen molar-refractivity contribution in [1.82, 2.24) is 14.5 Å². The van der Waals surface area contributed by atoms with Gasteiger partial charge in [-0.05, 0) is 19.9 Å². The molecule has 0 spiro atoms. The summed E-state index contributed by atoms with van der Waals surface area (Å²) in [7, 11) is 0. The molecule has 132 valence electrons. The summed E-state index contributed by atoms with van der Waals surface area (Å²) in [6, 6.07) is 1.53. The lowest BCUT2D eigenvalue weighted by atomic mass is 10.1. The number of hydrogen-bond donors (Lipinski definition) is 3. The van der Waals surface area contributed by atoms with Crippen LogP contribution in [0.3, 0.4) is 0 Å². The SMILES string of the molecule is CCN(CC)c1ccn([C@@H]2O[C@@](CO)(N=[N+]=N)[C@@H](O)[C@@H]2F)c(=O)n1. The van der Waals surface area contributed by atoms with E-state index in [1.54, 1.807) is 0 Å². The van der Waals surface area contributed by atoms with Crippen LogP contribution in [-0.2, 0) is 4.74 Å². The maximum atomic E-state index is 14.4. The fourth-order valence-corrected chi connectivity index (χ4v) is 2.61. The third kappa shape index (κ3) is 2.94. The van der Waals surface area contributed by atoms with Crippen LogP contribution in [0, 0.1) is 5.53 Å². The molecule has 1 fully saturated rings. The van der Waals surface area contributed by atoms with Crippen molar-refractivity contribution in [2.24, 2.45) is 5.11 Å². The smallest absolute Gasteiger partial charge is 0.351 e. The van der Waals surface area contributed by atoms with Crippen molar-refractivity contribution in [2.75, 3.05) is 24.6 Å². The van der Waals surface area contributed by atoms with Gasteiger partial charge < -0.3 is 19.8 Å². The van der Waals surface area contributed by atoms with Gasteiger partial charge in [0.15, 0.2) is 17.5 Å². The van der Waals surface area contributed by atoms with Gasteiger partial charge in [0, 0.05) is 19.3 Å². The van der Waals surface area contributed by atoms with E-state index in [-0.39, 0.29) is 0 Å². The molecule has 1 aromatic rings. The zero-order valence-corrected chi connectivity index (χ0v) is 13.3. The molecule has 3 N–H and O–H groups in total. The van der Waals surface area contributed by atoms with Gasteiger partial charge in [0.1, 0.15) is 24.1 Å². The molecular weight excluding hydrogens is 323 g/mol. The Morgan fingerprint density at radius 1 is 1.58 bits per heavy atom. The summed E-state index contributed by atoms with van der Waals surface area (Å²) in [6.45, 7) is 4.22. The fourth-order valence-electron chi connectivity index (χ4n) is 2.61. The molecule has 0 aliphatic carbocycles. The quantitative estimate of drug-likeness (QED) is 0.473. The van der Waals surface area contributed by atoms with Gasteiger partial charge >= 0.3 is 5.69 Å². The highest BCUT2D eigenvalue weighted by Crippen LogP contribution is 2.39. The van der Waals surface area contributed by atoms with Gasteiger partial charge in [-0.1, -0.05) is 0 Å². The molecule has 24 heavy (non-hydrogen) atoms. The van der Waals surface area contributed by atoms with Crippen molar-refractivity contribution >= 4 is 5.82 Å². The molecular formula is C13H20FN6O4+. The van der Waals surface area contributed by atoms with Crippen molar-refractivity contribution < 1.29 is 19.3 Å². The van der Waals surface area contributed by atoms with Crippen LogP contribution in [-0.4, -0.2) is 57.5 Å². The Bertz CT molecular complexity index is 689. The average molecular weight is 343 g/mol. The van der Waals surface area contributed by atoms with E-state index >= 15 is 0 Å². The van der Waals surface area contributed by atoms with Gasteiger partial charge in [0.2, 0.25) is 4.91 Å². The second-order valence-corrected chi connectivity index (χ2v) is 5.25. The predicted octanol–water partition coefficient (Wildman–Crippen LogP) is -0.444. The van der Waals surface area contributed by atoms with E-state index in [4.69, 9.17) is 10.3 Å². The molecule has 2 rings (SSSR count). The molecule has 0 saturated carbocycles. The highest BCUT2D eigenvalue weighted by molar-refractivity contribution is 5.36. The first-order valence-corrected chi connectivity index (χ1v) is 7.47. The van der Waals surface area contributed by atoms with Crippen LogP contribution in [0.15, 0.2) is 22.2 Å². The standard InChI is InChI=1S/C13H20FN6O4/c1-3-19(4-2)8-5-6-20(12(23)16-8)11-9(14)10(22)13(7-21,24-11)17-18-15/h5-6,9-11,15,21-22H,3-4,7H2,1-2H3/q+1/t9-,10-,11+,13+/m0/s1. The van der Waals surface area contributed by atoms with Crippen LogP contribution in [0.1, 0.15) is 20.1 Å². The molecule has 11 heteroatoms. The first kappa shape index (κ1) is 18.1. The third-order valence-electron chi connectivity index (χ3n) is 3.98. The van der Waals surface area contributed by atoms with Crippen LogP contribution in [0.4, 0.5) is 10.2 Å². The Morgan fingerprint density at radius 3 is 2.75 bits per heavy atom. The second-order valence-electron chi connectivity index (χ2n) is 5.25. The first-order valence-electron chi connectivity index (χ1n) is 7.47. The minimum absolute atomic E-state index is 0.439. The van der Waals surface area contributed by atoms with Crippen LogP contribution in [0.2, 0.25) is 0 Å². The Hall–Kier alpha value is -2.20. The molecule has 1 aliphatic rings. The van der Waals surface area contributed by atoms with Crippen LogP contribution >= 0.6 is 0 Å². The predicted molar refractivity (Wildman–Crippen MR) is 80.2 cm³/mol. The van der Waals surface area contributed by atoms with Crippen molar-refractivity contribution in [1.29, 1.82) is 5.53 Å². The minimum atomic E-state index is -2.12. The second kappa shape index (κ2) is 7.14. The van der Waals surface area contributed by atoms with Crippen LogP contribution in [0.5, 0.6) is 0 Å². The summed E-state index contributed by atoms with van der Waals surface area (Å²) in [5, 5.41) is 22.6.